The molecule has 0 N–H and O–H groups in total. The van der Waals surface area contributed by atoms with E-state index in [1.165, 1.54) is 12.1 Å². The predicted molar refractivity (Wildman–Crippen MR) is 52.6 cm³/mol. The van der Waals surface area contributed by atoms with Crippen LogP contribution in [0.15, 0.2) is 43.5 Å². The van der Waals surface area contributed by atoms with Crippen LogP contribution in [-0.2, 0) is 11.8 Å². The van der Waals surface area contributed by atoms with Gasteiger partial charge in [0.1, 0.15) is 5.75 Å². The molecule has 0 aliphatic rings. The van der Waals surface area contributed by atoms with Gasteiger partial charge < -0.3 is 14.3 Å². The number of hydrogen-bond donors (Lipinski definition) is 0. The monoisotopic (exact) mass is 216 g/mol. The molecule has 0 atom stereocenters. The van der Waals surface area contributed by atoms with Gasteiger partial charge in [0.2, 0.25) is 0 Å². The Morgan fingerprint density at radius 3 is 2.00 bits per heavy atom. The average Bonchev–Trinajstić information content (AvgIpc) is 2.07. The lowest BCUT2D eigenvalue weighted by molar-refractivity contribution is -0.313. The van der Waals surface area contributed by atoms with Gasteiger partial charge in [-0.05, 0) is 18.9 Å². The summed E-state index contributed by atoms with van der Waals surface area (Å²) < 4.78 is 4.42. The zero-order chi connectivity index (χ0) is 10.3. The van der Waals surface area contributed by atoms with Crippen molar-refractivity contribution in [2.45, 2.75) is 0 Å². The summed E-state index contributed by atoms with van der Waals surface area (Å²) in [5.41, 5.74) is 0. The van der Waals surface area contributed by atoms with Crippen LogP contribution in [0, 0.1) is 0 Å². The van der Waals surface area contributed by atoms with E-state index >= 15 is 0 Å². The molecule has 1 rings (SSSR count). The minimum atomic E-state index is -4.05. The van der Waals surface area contributed by atoms with Crippen LogP contribution >= 0.6 is 6.72 Å². The summed E-state index contributed by atoms with van der Waals surface area (Å²) >= 11 is 4.04. The molecule has 0 aliphatic carbocycles. The minimum absolute atomic E-state index is 0.251. The highest BCUT2D eigenvalue weighted by atomic mass is 32.5. The molecule has 0 saturated carbocycles. The lowest BCUT2D eigenvalue weighted by Crippen LogP contribution is -2.18. The molecule has 13 heavy (non-hydrogen) atoms. The minimum Gasteiger partial charge on any atom is -0.803 e. The summed E-state index contributed by atoms with van der Waals surface area (Å²) in [7, 11) is 0. The Kier molecular flexibility index (Phi) is 5.58. The van der Waals surface area contributed by atoms with Crippen LogP contribution in [0.3, 0.4) is 0 Å². The second kappa shape index (κ2) is 5.89. The highest BCUT2D eigenvalue weighted by Crippen LogP contribution is 2.28. The first-order valence-electron chi connectivity index (χ1n) is 3.35. The molecule has 0 radical (unpaired) electrons. The van der Waals surface area contributed by atoms with Crippen LogP contribution in [-0.4, -0.2) is 0 Å². The van der Waals surface area contributed by atoms with Gasteiger partial charge in [-0.1, -0.05) is 30.0 Å². The second-order valence-electron chi connectivity index (χ2n) is 1.85. The lowest BCUT2D eigenvalue weighted by Gasteiger charge is -2.34. The first kappa shape index (κ1) is 12.3. The van der Waals surface area contributed by atoms with Crippen LogP contribution in [0.5, 0.6) is 5.75 Å². The summed E-state index contributed by atoms with van der Waals surface area (Å²) in [6.45, 7) is 1.95. The molecule has 0 aliphatic heterocycles. The van der Waals surface area contributed by atoms with Gasteiger partial charge in [-0.15, -0.1) is 13.2 Å². The molecule has 0 amide bonds. The Morgan fingerprint density at radius 2 is 1.62 bits per heavy atom. The van der Waals surface area contributed by atoms with Crippen molar-refractivity contribution in [3.05, 3.63) is 43.5 Å². The number of benzene rings is 1. The predicted octanol–water partition coefficient (Wildman–Crippen LogP) is 0.813. The average molecular weight is 216 g/mol. The van der Waals surface area contributed by atoms with Crippen LogP contribution in [0.4, 0.5) is 0 Å². The van der Waals surface area contributed by atoms with Gasteiger partial charge in [0.15, 0.2) is 0 Å². The molecule has 1 aromatic rings. The normalized spacial score (nSPS) is 9.69. The Morgan fingerprint density at radius 1 is 1.15 bits per heavy atom. The molecular formula is C8H9O3PS-2. The smallest absolute Gasteiger partial charge is 0.120 e. The van der Waals surface area contributed by atoms with Crippen molar-refractivity contribution in [3.8, 4) is 5.75 Å². The molecule has 0 unspecified atom stereocenters. The molecule has 0 aromatic heterocycles. The highest BCUT2D eigenvalue weighted by Gasteiger charge is 1.89. The van der Waals surface area contributed by atoms with Gasteiger partial charge in [0, 0.05) is 0 Å². The van der Waals surface area contributed by atoms with Gasteiger partial charge in [-0.3, -0.25) is 0 Å². The number of para-hydroxylation sites is 1. The van der Waals surface area contributed by atoms with Crippen molar-refractivity contribution in [2.24, 2.45) is 0 Å². The molecular weight excluding hydrogens is 207 g/mol. The molecule has 0 spiro atoms. The lowest BCUT2D eigenvalue weighted by atomic mass is 10.3. The summed E-state index contributed by atoms with van der Waals surface area (Å²) in [4.78, 5) is 20.8. The maximum absolute atomic E-state index is 10.4. The summed E-state index contributed by atoms with van der Waals surface area (Å²) in [6, 6.07) is 8.14. The van der Waals surface area contributed by atoms with Crippen molar-refractivity contribution in [3.63, 3.8) is 0 Å². The summed E-state index contributed by atoms with van der Waals surface area (Å²) in [5.74, 6) is 0.251. The van der Waals surface area contributed by atoms with Gasteiger partial charge in [-0.2, -0.15) is 0 Å². The quantitative estimate of drug-likeness (QED) is 0.542. The van der Waals surface area contributed by atoms with Crippen molar-refractivity contribution in [2.75, 3.05) is 0 Å². The maximum Gasteiger partial charge on any atom is 0.120 e. The molecule has 0 saturated heterocycles. The Bertz CT molecular complexity index is 283. The molecule has 0 heterocycles. The zero-order valence-corrected chi connectivity index (χ0v) is 8.59. The van der Waals surface area contributed by atoms with E-state index in [0.29, 0.717) is 0 Å². The number of hydrogen-bond acceptors (Lipinski definition) is 4. The van der Waals surface area contributed by atoms with E-state index < -0.39 is 6.72 Å². The third-order valence-corrected chi connectivity index (χ3v) is 1.62. The first-order chi connectivity index (χ1) is 6.08. The molecule has 72 valence electrons. The van der Waals surface area contributed by atoms with E-state index in [4.69, 9.17) is 0 Å². The molecule has 0 fully saturated rings. The van der Waals surface area contributed by atoms with E-state index in [1.807, 2.05) is 0 Å². The maximum atomic E-state index is 10.4. The van der Waals surface area contributed by atoms with Crippen LogP contribution < -0.4 is 14.3 Å². The van der Waals surface area contributed by atoms with Crippen LogP contribution in [0.2, 0.25) is 0 Å². The fourth-order valence-corrected chi connectivity index (χ4v) is 1.25. The first-order valence-corrected chi connectivity index (χ1v) is 5.90. The molecule has 5 heteroatoms. The van der Waals surface area contributed by atoms with Gasteiger partial charge in [-0.25, -0.2) is 0 Å². The van der Waals surface area contributed by atoms with E-state index in [2.05, 4.69) is 29.5 Å². The van der Waals surface area contributed by atoms with Crippen molar-refractivity contribution < 1.29 is 14.3 Å². The van der Waals surface area contributed by atoms with Crippen molar-refractivity contribution in [1.82, 2.24) is 0 Å². The van der Waals surface area contributed by atoms with Crippen molar-refractivity contribution in [1.29, 1.82) is 0 Å². The van der Waals surface area contributed by atoms with E-state index in [-0.39, 0.29) is 5.75 Å². The summed E-state index contributed by atoms with van der Waals surface area (Å²) in [5, 5.41) is 0. The van der Waals surface area contributed by atoms with Gasteiger partial charge in [0.05, 0.1) is 0 Å². The Hall–Kier alpha value is -0.670. The van der Waals surface area contributed by atoms with Gasteiger partial charge in [0.25, 0.3) is 0 Å². The fourth-order valence-electron chi connectivity index (χ4n) is 0.610. The SMILES string of the molecule is C=C.[O-]P([O-])(=S)Oc1ccccc1. The third kappa shape index (κ3) is 6.49. The third-order valence-electron chi connectivity index (χ3n) is 0.960. The van der Waals surface area contributed by atoms with E-state index in [0.717, 1.165) is 0 Å². The Labute approximate surface area is 82.6 Å². The standard InChI is InChI=1S/C6H7O3PS.C2H4/c7-10(8,11)9-6-4-2-1-3-5-6;1-2/h1-5H,(H2,7,8,11);1-2H2/p-2. The van der Waals surface area contributed by atoms with E-state index in [9.17, 15) is 9.79 Å². The van der Waals surface area contributed by atoms with Crippen molar-refractivity contribution >= 4 is 18.5 Å². The zero-order valence-electron chi connectivity index (χ0n) is 6.88. The van der Waals surface area contributed by atoms with Crippen LogP contribution in [0.25, 0.3) is 0 Å². The fraction of sp³-hybridized carbons (Fsp3) is 0. The molecule has 1 aromatic carbocycles. The highest BCUT2D eigenvalue weighted by molar-refractivity contribution is 8.05. The largest absolute Gasteiger partial charge is 0.803 e. The van der Waals surface area contributed by atoms with E-state index in [1.54, 1.807) is 18.2 Å². The Balaban J connectivity index is 0.000000671. The molecule has 0 bridgehead atoms. The number of rotatable bonds is 2. The van der Waals surface area contributed by atoms with Crippen LogP contribution in [0.1, 0.15) is 0 Å². The summed E-state index contributed by atoms with van der Waals surface area (Å²) in [6.07, 6.45) is 0. The van der Waals surface area contributed by atoms with Gasteiger partial charge >= 0.3 is 0 Å². The second-order valence-corrected chi connectivity index (χ2v) is 4.27. The molecule has 3 nitrogen and oxygen atoms in total. The topological polar surface area (TPSA) is 55.3 Å².